The monoisotopic (exact) mass is 298 g/mol. The molecule has 7 heteroatoms. The van der Waals surface area contributed by atoms with Crippen molar-refractivity contribution in [3.8, 4) is 0 Å². The zero-order chi connectivity index (χ0) is 14.9. The van der Waals surface area contributed by atoms with E-state index in [0.717, 1.165) is 0 Å². The summed E-state index contributed by atoms with van der Waals surface area (Å²) in [6.45, 7) is 4.93. The van der Waals surface area contributed by atoms with Gasteiger partial charge in [-0.3, -0.25) is 0 Å². The maximum absolute atomic E-state index is 12.5. The first kappa shape index (κ1) is 14.8. The molecule has 1 aliphatic heterocycles. The number of nitrogens with zero attached hydrogens (tertiary/aromatic N) is 2. The van der Waals surface area contributed by atoms with Crippen LogP contribution in [0, 0.1) is 0 Å². The molecular weight excluding hydrogens is 280 g/mol. The minimum atomic E-state index is -3.63. The van der Waals surface area contributed by atoms with E-state index in [1.54, 1.807) is 6.92 Å². The number of carboxylic acids is 1. The Labute approximate surface area is 118 Å². The van der Waals surface area contributed by atoms with E-state index in [1.165, 1.54) is 26.7 Å². The topological polar surface area (TPSA) is 79.6 Å². The van der Waals surface area contributed by atoms with Crippen LogP contribution in [0.3, 0.4) is 0 Å². The number of hydrogen-bond donors (Lipinski definition) is 1. The SMILES string of the molecule is CCn1cc(S(=O)(=O)N2CC=C(C)CC2)cc1C(=O)O. The fourth-order valence-corrected chi connectivity index (χ4v) is 3.61. The van der Waals surface area contributed by atoms with Gasteiger partial charge in [0.25, 0.3) is 0 Å². The molecular formula is C13H18N2O4S. The lowest BCUT2D eigenvalue weighted by Crippen LogP contribution is -2.34. The van der Waals surface area contributed by atoms with Crippen molar-refractivity contribution in [2.24, 2.45) is 0 Å². The number of carboxylic acid groups (broad SMARTS) is 1. The smallest absolute Gasteiger partial charge is 0.352 e. The van der Waals surface area contributed by atoms with Gasteiger partial charge in [0.15, 0.2) is 0 Å². The number of aromatic carboxylic acids is 1. The molecule has 110 valence electrons. The Hall–Kier alpha value is -1.60. The summed E-state index contributed by atoms with van der Waals surface area (Å²) in [5.41, 5.74) is 1.17. The number of sulfonamides is 1. The van der Waals surface area contributed by atoms with Gasteiger partial charge < -0.3 is 9.67 Å². The first-order chi connectivity index (χ1) is 9.36. The summed E-state index contributed by atoms with van der Waals surface area (Å²) < 4.78 is 27.8. The van der Waals surface area contributed by atoms with E-state index in [4.69, 9.17) is 5.11 Å². The van der Waals surface area contributed by atoms with E-state index in [2.05, 4.69) is 0 Å². The molecule has 20 heavy (non-hydrogen) atoms. The fourth-order valence-electron chi connectivity index (χ4n) is 2.18. The molecule has 0 saturated heterocycles. The van der Waals surface area contributed by atoms with Crippen molar-refractivity contribution in [3.63, 3.8) is 0 Å². The predicted octanol–water partition coefficient (Wildman–Crippen LogP) is 1.55. The normalized spacial score (nSPS) is 17.0. The van der Waals surface area contributed by atoms with E-state index in [0.29, 0.717) is 26.1 Å². The lowest BCUT2D eigenvalue weighted by Gasteiger charge is -2.24. The molecule has 0 fully saturated rings. The maximum atomic E-state index is 12.5. The molecule has 2 heterocycles. The molecule has 0 amide bonds. The van der Waals surface area contributed by atoms with Crippen molar-refractivity contribution >= 4 is 16.0 Å². The van der Waals surface area contributed by atoms with Crippen molar-refractivity contribution in [1.82, 2.24) is 8.87 Å². The highest BCUT2D eigenvalue weighted by atomic mass is 32.2. The lowest BCUT2D eigenvalue weighted by molar-refractivity contribution is 0.0685. The van der Waals surface area contributed by atoms with Crippen molar-refractivity contribution < 1.29 is 18.3 Å². The molecule has 1 aromatic rings. The van der Waals surface area contributed by atoms with Crippen LogP contribution in [-0.2, 0) is 16.6 Å². The summed E-state index contributed by atoms with van der Waals surface area (Å²) >= 11 is 0. The van der Waals surface area contributed by atoms with Gasteiger partial charge in [-0.1, -0.05) is 11.6 Å². The number of carbonyl (C=O) groups is 1. The van der Waals surface area contributed by atoms with E-state index in [9.17, 15) is 13.2 Å². The molecule has 0 saturated carbocycles. The van der Waals surface area contributed by atoms with Crippen LogP contribution < -0.4 is 0 Å². The fraction of sp³-hybridized carbons (Fsp3) is 0.462. The summed E-state index contributed by atoms with van der Waals surface area (Å²) in [5.74, 6) is -1.12. The average Bonchev–Trinajstić information content (AvgIpc) is 2.84. The summed E-state index contributed by atoms with van der Waals surface area (Å²) in [5, 5.41) is 9.08. The van der Waals surface area contributed by atoms with Gasteiger partial charge in [-0.15, -0.1) is 0 Å². The number of aromatic nitrogens is 1. The van der Waals surface area contributed by atoms with E-state index >= 15 is 0 Å². The zero-order valence-corrected chi connectivity index (χ0v) is 12.4. The quantitative estimate of drug-likeness (QED) is 0.855. The second kappa shape index (κ2) is 5.41. The van der Waals surface area contributed by atoms with Crippen molar-refractivity contribution in [3.05, 3.63) is 29.6 Å². The standard InChI is InChI=1S/C13H18N2O4S/c1-3-14-9-11(8-12(14)13(16)17)20(18,19)15-6-4-10(2)5-7-15/h4,8-9H,3,5-7H2,1-2H3,(H,16,17). The second-order valence-corrected chi connectivity index (χ2v) is 6.75. The van der Waals surface area contributed by atoms with E-state index in [-0.39, 0.29) is 10.6 Å². The second-order valence-electron chi connectivity index (χ2n) is 4.82. The van der Waals surface area contributed by atoms with Crippen LogP contribution in [0.1, 0.15) is 30.8 Å². The number of rotatable bonds is 4. The Kier molecular flexibility index (Phi) is 4.01. The van der Waals surface area contributed by atoms with Gasteiger partial charge in [0.2, 0.25) is 10.0 Å². The van der Waals surface area contributed by atoms with Crippen molar-refractivity contribution in [2.45, 2.75) is 31.7 Å². The lowest BCUT2D eigenvalue weighted by atomic mass is 10.1. The molecule has 2 rings (SSSR count). The third kappa shape index (κ3) is 2.64. The zero-order valence-electron chi connectivity index (χ0n) is 11.5. The summed E-state index contributed by atoms with van der Waals surface area (Å²) in [7, 11) is -3.63. The Morgan fingerprint density at radius 1 is 1.45 bits per heavy atom. The van der Waals surface area contributed by atoms with Gasteiger partial charge in [-0.2, -0.15) is 4.31 Å². The maximum Gasteiger partial charge on any atom is 0.352 e. The Morgan fingerprint density at radius 2 is 2.15 bits per heavy atom. The number of aryl methyl sites for hydroxylation is 1. The molecule has 6 nitrogen and oxygen atoms in total. The molecule has 0 aliphatic carbocycles. The summed E-state index contributed by atoms with van der Waals surface area (Å²) in [6.07, 6.45) is 3.99. The van der Waals surface area contributed by atoms with Crippen molar-refractivity contribution in [1.29, 1.82) is 0 Å². The molecule has 1 aliphatic rings. The molecule has 1 aromatic heterocycles. The number of hydrogen-bond acceptors (Lipinski definition) is 3. The Morgan fingerprint density at radius 3 is 2.60 bits per heavy atom. The highest BCUT2D eigenvalue weighted by Crippen LogP contribution is 2.22. The first-order valence-corrected chi connectivity index (χ1v) is 7.89. The van der Waals surface area contributed by atoms with Crippen molar-refractivity contribution in [2.75, 3.05) is 13.1 Å². The van der Waals surface area contributed by atoms with Crippen LogP contribution >= 0.6 is 0 Å². The Balaban J connectivity index is 2.37. The third-order valence-corrected chi connectivity index (χ3v) is 5.30. The van der Waals surface area contributed by atoms with Crippen LogP contribution in [0.4, 0.5) is 0 Å². The molecule has 0 atom stereocenters. The van der Waals surface area contributed by atoms with E-state index in [1.807, 2.05) is 13.0 Å². The highest BCUT2D eigenvalue weighted by Gasteiger charge is 2.28. The molecule has 0 bridgehead atoms. The van der Waals surface area contributed by atoms with Crippen LogP contribution in [-0.4, -0.2) is 41.5 Å². The minimum Gasteiger partial charge on any atom is -0.477 e. The van der Waals surface area contributed by atoms with Gasteiger partial charge in [0.05, 0.1) is 0 Å². The molecule has 0 spiro atoms. The first-order valence-electron chi connectivity index (χ1n) is 6.45. The van der Waals surface area contributed by atoms with Gasteiger partial charge in [-0.25, -0.2) is 13.2 Å². The van der Waals surface area contributed by atoms with Gasteiger partial charge >= 0.3 is 5.97 Å². The predicted molar refractivity (Wildman–Crippen MR) is 74.2 cm³/mol. The molecule has 0 aromatic carbocycles. The minimum absolute atomic E-state index is 0.00481. The van der Waals surface area contributed by atoms with E-state index < -0.39 is 16.0 Å². The van der Waals surface area contributed by atoms with Crippen LogP contribution in [0.15, 0.2) is 28.8 Å². The molecule has 0 radical (unpaired) electrons. The van der Waals surface area contributed by atoms with Crippen LogP contribution in [0.2, 0.25) is 0 Å². The summed E-state index contributed by atoms with van der Waals surface area (Å²) in [6, 6.07) is 1.23. The van der Waals surface area contributed by atoms with Crippen LogP contribution in [0.25, 0.3) is 0 Å². The largest absolute Gasteiger partial charge is 0.477 e. The molecule has 1 N–H and O–H groups in total. The Bertz CT molecular complexity index is 658. The average molecular weight is 298 g/mol. The molecule has 0 unspecified atom stereocenters. The third-order valence-electron chi connectivity index (χ3n) is 3.47. The highest BCUT2D eigenvalue weighted by molar-refractivity contribution is 7.89. The van der Waals surface area contributed by atoms with Crippen LogP contribution in [0.5, 0.6) is 0 Å². The van der Waals surface area contributed by atoms with Gasteiger partial charge in [0, 0.05) is 25.8 Å². The van der Waals surface area contributed by atoms with Gasteiger partial charge in [0.1, 0.15) is 10.6 Å². The summed E-state index contributed by atoms with van der Waals surface area (Å²) in [4.78, 5) is 11.1. The van der Waals surface area contributed by atoms with Gasteiger partial charge in [-0.05, 0) is 26.3 Å².